The molecule has 0 bridgehead atoms. The Hall–Kier alpha value is 0.390. The fourth-order valence-corrected chi connectivity index (χ4v) is 3.61. The van der Waals surface area contributed by atoms with E-state index in [4.69, 9.17) is 0 Å². The number of thiophene rings is 1. The van der Waals surface area contributed by atoms with Crippen LogP contribution in [0.5, 0.6) is 0 Å². The summed E-state index contributed by atoms with van der Waals surface area (Å²) in [5, 5.41) is 9.58. The first-order chi connectivity index (χ1) is 5.27. The van der Waals surface area contributed by atoms with E-state index in [1.807, 2.05) is 11.3 Å². The fraction of sp³-hybridized carbons (Fsp3) is 0.500. The van der Waals surface area contributed by atoms with E-state index in [2.05, 4.69) is 28.7 Å². The molecule has 0 amide bonds. The molecule has 1 N–H and O–H groups in total. The molecule has 0 spiro atoms. The van der Waals surface area contributed by atoms with Crippen LogP contribution in [0.4, 0.5) is 0 Å². The van der Waals surface area contributed by atoms with Gasteiger partial charge in [-0.15, -0.1) is 11.3 Å². The monoisotopic (exact) mass is 280 g/mol. The third-order valence-corrected chi connectivity index (χ3v) is 4.02. The molecule has 0 saturated carbocycles. The maximum atomic E-state index is 9.58. The highest BCUT2D eigenvalue weighted by Crippen LogP contribution is 2.35. The van der Waals surface area contributed by atoms with Gasteiger partial charge in [-0.25, -0.2) is 0 Å². The first-order valence-electron chi connectivity index (χ1n) is 3.73. The van der Waals surface area contributed by atoms with Gasteiger partial charge < -0.3 is 5.11 Å². The number of hydrogen-bond donors (Lipinski definition) is 1. The summed E-state index contributed by atoms with van der Waals surface area (Å²) in [6.45, 7) is 0. The minimum Gasteiger partial charge on any atom is -0.388 e. The van der Waals surface area contributed by atoms with Gasteiger partial charge in [0.05, 0.1) is 8.99 Å². The quantitative estimate of drug-likeness (QED) is 0.724. The highest BCUT2D eigenvalue weighted by Gasteiger charge is 2.19. The lowest BCUT2D eigenvalue weighted by atomic mass is 9.97. The molecular formula is C8H9IOS. The smallest absolute Gasteiger partial charge is 0.0801 e. The summed E-state index contributed by atoms with van der Waals surface area (Å²) in [6, 6.07) is 2.12. The molecule has 0 saturated heterocycles. The number of aliphatic hydroxyl groups is 1. The summed E-state index contributed by atoms with van der Waals surface area (Å²) in [4.78, 5) is 1.40. The number of fused-ring (bicyclic) bond motifs is 1. The van der Waals surface area contributed by atoms with Crippen LogP contribution in [0, 0.1) is 2.88 Å². The minimum absolute atomic E-state index is 0.182. The topological polar surface area (TPSA) is 20.2 Å². The summed E-state index contributed by atoms with van der Waals surface area (Å²) in [5.74, 6) is 0. The Bertz CT molecular complexity index is 269. The zero-order valence-corrected chi connectivity index (χ0v) is 8.98. The molecule has 1 aliphatic carbocycles. The van der Waals surface area contributed by atoms with Crippen LogP contribution in [-0.2, 0) is 6.42 Å². The predicted molar refractivity (Wildman–Crippen MR) is 54.9 cm³/mol. The summed E-state index contributed by atoms with van der Waals surface area (Å²) in [6.07, 6.45) is 3.07. The average Bonchev–Trinajstić information content (AvgIpc) is 2.31. The predicted octanol–water partition coefficient (Wildman–Crippen LogP) is 2.72. The number of rotatable bonds is 0. The standard InChI is InChI=1S/C8H9IOS/c9-8-4-5-6(10)2-1-3-7(5)11-8/h4,6,10H,1-3H2. The van der Waals surface area contributed by atoms with E-state index in [0.717, 1.165) is 12.8 Å². The second-order valence-electron chi connectivity index (χ2n) is 2.84. The second kappa shape index (κ2) is 3.03. The Balaban J connectivity index is 2.43. The van der Waals surface area contributed by atoms with Gasteiger partial charge in [-0.05, 0) is 53.5 Å². The van der Waals surface area contributed by atoms with Crippen LogP contribution in [0.1, 0.15) is 29.4 Å². The van der Waals surface area contributed by atoms with Crippen molar-refractivity contribution in [3.05, 3.63) is 19.4 Å². The molecule has 1 unspecified atom stereocenters. The number of aliphatic hydroxyl groups excluding tert-OH is 1. The maximum absolute atomic E-state index is 9.58. The third kappa shape index (κ3) is 1.46. The van der Waals surface area contributed by atoms with Gasteiger partial charge in [-0.3, -0.25) is 0 Å². The van der Waals surface area contributed by atoms with Crippen molar-refractivity contribution < 1.29 is 5.11 Å². The molecule has 0 fully saturated rings. The van der Waals surface area contributed by atoms with E-state index in [1.54, 1.807) is 0 Å². The number of hydrogen-bond acceptors (Lipinski definition) is 2. The lowest BCUT2D eigenvalue weighted by molar-refractivity contribution is 0.157. The van der Waals surface area contributed by atoms with Gasteiger partial charge in [-0.1, -0.05) is 0 Å². The van der Waals surface area contributed by atoms with Crippen molar-refractivity contribution in [2.24, 2.45) is 0 Å². The Morgan fingerprint density at radius 1 is 1.64 bits per heavy atom. The number of halogens is 1. The molecule has 0 aromatic carbocycles. The van der Waals surface area contributed by atoms with Gasteiger partial charge >= 0.3 is 0 Å². The first kappa shape index (κ1) is 8.01. The lowest BCUT2D eigenvalue weighted by Gasteiger charge is -2.16. The van der Waals surface area contributed by atoms with Crippen molar-refractivity contribution in [2.75, 3.05) is 0 Å². The van der Waals surface area contributed by atoms with Crippen LogP contribution < -0.4 is 0 Å². The van der Waals surface area contributed by atoms with Crippen LogP contribution in [-0.4, -0.2) is 5.11 Å². The van der Waals surface area contributed by atoms with Crippen LogP contribution in [0.2, 0.25) is 0 Å². The summed E-state index contributed by atoms with van der Waals surface area (Å²) < 4.78 is 1.30. The molecule has 2 rings (SSSR count). The zero-order chi connectivity index (χ0) is 7.84. The van der Waals surface area contributed by atoms with Crippen LogP contribution in [0.25, 0.3) is 0 Å². The number of aryl methyl sites for hydroxylation is 1. The largest absolute Gasteiger partial charge is 0.388 e. The lowest BCUT2D eigenvalue weighted by Crippen LogP contribution is -2.05. The van der Waals surface area contributed by atoms with Crippen LogP contribution in [0.3, 0.4) is 0 Å². The third-order valence-electron chi connectivity index (χ3n) is 2.05. The summed E-state index contributed by atoms with van der Waals surface area (Å²) in [7, 11) is 0. The molecule has 1 aromatic rings. The second-order valence-corrected chi connectivity index (χ2v) is 5.87. The summed E-state index contributed by atoms with van der Waals surface area (Å²) in [5.41, 5.74) is 1.19. The minimum atomic E-state index is -0.182. The Morgan fingerprint density at radius 2 is 2.45 bits per heavy atom. The van der Waals surface area contributed by atoms with Crippen molar-refractivity contribution in [2.45, 2.75) is 25.4 Å². The molecule has 0 aliphatic heterocycles. The molecule has 1 atom stereocenters. The van der Waals surface area contributed by atoms with Crippen LogP contribution in [0.15, 0.2) is 6.07 Å². The molecular weight excluding hydrogens is 271 g/mol. The molecule has 1 heterocycles. The SMILES string of the molecule is OC1CCCc2sc(I)cc21. The van der Waals surface area contributed by atoms with Gasteiger partial charge in [0.2, 0.25) is 0 Å². The van der Waals surface area contributed by atoms with E-state index in [0.29, 0.717) is 0 Å². The van der Waals surface area contributed by atoms with Gasteiger partial charge in [0.25, 0.3) is 0 Å². The highest BCUT2D eigenvalue weighted by molar-refractivity contribution is 14.1. The maximum Gasteiger partial charge on any atom is 0.0801 e. The van der Waals surface area contributed by atoms with Crippen LogP contribution >= 0.6 is 33.9 Å². The van der Waals surface area contributed by atoms with Crippen molar-refractivity contribution >= 4 is 33.9 Å². The van der Waals surface area contributed by atoms with E-state index in [1.165, 1.54) is 19.7 Å². The van der Waals surface area contributed by atoms with Crippen molar-refractivity contribution in [1.29, 1.82) is 0 Å². The molecule has 3 heteroatoms. The van der Waals surface area contributed by atoms with Crippen molar-refractivity contribution in [3.63, 3.8) is 0 Å². The fourth-order valence-electron chi connectivity index (χ4n) is 1.50. The Morgan fingerprint density at radius 3 is 3.18 bits per heavy atom. The Labute approximate surface area is 83.6 Å². The molecule has 11 heavy (non-hydrogen) atoms. The highest BCUT2D eigenvalue weighted by atomic mass is 127. The van der Waals surface area contributed by atoms with Crippen molar-refractivity contribution in [3.8, 4) is 0 Å². The van der Waals surface area contributed by atoms with E-state index < -0.39 is 0 Å². The summed E-state index contributed by atoms with van der Waals surface area (Å²) >= 11 is 4.14. The van der Waals surface area contributed by atoms with Crippen molar-refractivity contribution in [1.82, 2.24) is 0 Å². The Kier molecular flexibility index (Phi) is 2.21. The first-order valence-corrected chi connectivity index (χ1v) is 5.63. The van der Waals surface area contributed by atoms with E-state index in [-0.39, 0.29) is 6.10 Å². The van der Waals surface area contributed by atoms with E-state index >= 15 is 0 Å². The van der Waals surface area contributed by atoms with Gasteiger partial charge in [0.15, 0.2) is 0 Å². The van der Waals surface area contributed by atoms with Gasteiger partial charge in [-0.2, -0.15) is 0 Å². The molecule has 1 aromatic heterocycles. The molecule has 60 valence electrons. The van der Waals surface area contributed by atoms with Gasteiger partial charge in [0.1, 0.15) is 0 Å². The average molecular weight is 280 g/mol. The normalized spacial score (nSPS) is 23.3. The molecule has 0 radical (unpaired) electrons. The zero-order valence-electron chi connectivity index (χ0n) is 6.01. The van der Waals surface area contributed by atoms with E-state index in [9.17, 15) is 5.11 Å². The molecule has 1 aliphatic rings. The van der Waals surface area contributed by atoms with Gasteiger partial charge in [0, 0.05) is 4.88 Å². The molecule has 1 nitrogen and oxygen atoms in total.